The number of hydrogen-bond acceptors (Lipinski definition) is 1. The van der Waals surface area contributed by atoms with E-state index in [-0.39, 0.29) is 5.82 Å². The van der Waals surface area contributed by atoms with Crippen molar-refractivity contribution in [2.24, 2.45) is 11.8 Å². The molecule has 0 aromatic heterocycles. The maximum atomic E-state index is 13.3. The minimum Gasteiger partial charge on any atom is -0.385 e. The Kier molecular flexibility index (Phi) is 4.66. The molecule has 0 amide bonds. The van der Waals surface area contributed by atoms with Gasteiger partial charge in [0, 0.05) is 12.2 Å². The molecule has 2 rings (SSSR count). The second-order valence-corrected chi connectivity index (χ2v) is 6.45. The lowest BCUT2D eigenvalue weighted by Gasteiger charge is -2.27. The van der Waals surface area contributed by atoms with Gasteiger partial charge in [-0.1, -0.05) is 19.8 Å². The molecule has 1 aromatic rings. The molecular formula is C15H21BrFN. The fourth-order valence-corrected chi connectivity index (χ4v) is 3.18. The Morgan fingerprint density at radius 1 is 1.39 bits per heavy atom. The van der Waals surface area contributed by atoms with Gasteiger partial charge in [-0.15, -0.1) is 0 Å². The lowest BCUT2D eigenvalue weighted by molar-refractivity contribution is 0.293. The number of benzene rings is 1. The Labute approximate surface area is 117 Å². The molecule has 1 fully saturated rings. The van der Waals surface area contributed by atoms with Crippen molar-refractivity contribution in [3.8, 4) is 0 Å². The van der Waals surface area contributed by atoms with Gasteiger partial charge in [0.25, 0.3) is 0 Å². The molecule has 1 aromatic carbocycles. The Morgan fingerprint density at radius 2 is 2.17 bits per heavy atom. The Morgan fingerprint density at radius 3 is 2.89 bits per heavy atom. The highest BCUT2D eigenvalue weighted by molar-refractivity contribution is 9.10. The van der Waals surface area contributed by atoms with Gasteiger partial charge in [0.1, 0.15) is 5.82 Å². The first-order valence-corrected chi connectivity index (χ1v) is 7.55. The van der Waals surface area contributed by atoms with Crippen molar-refractivity contribution in [1.29, 1.82) is 0 Å². The van der Waals surface area contributed by atoms with Crippen LogP contribution in [0.4, 0.5) is 10.1 Å². The van der Waals surface area contributed by atoms with Crippen LogP contribution < -0.4 is 5.32 Å². The summed E-state index contributed by atoms with van der Waals surface area (Å²) in [4.78, 5) is 0. The van der Waals surface area contributed by atoms with E-state index in [0.717, 1.165) is 29.6 Å². The first kappa shape index (κ1) is 13.9. The number of anilines is 1. The molecule has 0 saturated heterocycles. The predicted octanol–water partition coefficient (Wildman–Crippen LogP) is 5.13. The van der Waals surface area contributed by atoms with E-state index in [2.05, 4.69) is 28.2 Å². The molecule has 2 atom stereocenters. The third kappa shape index (κ3) is 3.47. The lowest BCUT2D eigenvalue weighted by atomic mass is 9.82. The van der Waals surface area contributed by atoms with E-state index in [0.29, 0.717) is 4.47 Å². The highest BCUT2D eigenvalue weighted by Crippen LogP contribution is 2.30. The van der Waals surface area contributed by atoms with Crippen molar-refractivity contribution >= 4 is 21.6 Å². The maximum Gasteiger partial charge on any atom is 0.137 e. The summed E-state index contributed by atoms with van der Waals surface area (Å²) in [5.74, 6) is 1.42. The number of aryl methyl sites for hydroxylation is 1. The largest absolute Gasteiger partial charge is 0.385 e. The second kappa shape index (κ2) is 6.05. The average Bonchev–Trinajstić information content (AvgIpc) is 2.32. The fourth-order valence-electron chi connectivity index (χ4n) is 2.84. The lowest BCUT2D eigenvalue weighted by Crippen LogP contribution is -2.21. The minimum atomic E-state index is -0.190. The standard InChI is InChI=1S/C15H21BrFN/c1-10-4-3-5-12(6-10)9-18-15-8-13(16)14(17)7-11(15)2/h7-8,10,12,18H,3-6,9H2,1-2H3. The quantitative estimate of drug-likeness (QED) is 0.815. The van der Waals surface area contributed by atoms with Gasteiger partial charge in [0.05, 0.1) is 4.47 Å². The summed E-state index contributed by atoms with van der Waals surface area (Å²) in [6, 6.07) is 3.42. The molecule has 1 N–H and O–H groups in total. The number of nitrogens with one attached hydrogen (secondary N) is 1. The first-order valence-electron chi connectivity index (χ1n) is 6.75. The van der Waals surface area contributed by atoms with E-state index in [9.17, 15) is 4.39 Å². The van der Waals surface area contributed by atoms with Crippen molar-refractivity contribution in [2.75, 3.05) is 11.9 Å². The molecule has 1 aliphatic carbocycles. The van der Waals surface area contributed by atoms with Crippen molar-refractivity contribution in [3.05, 3.63) is 28.0 Å². The van der Waals surface area contributed by atoms with Gasteiger partial charge in [-0.05, 0) is 65.2 Å². The van der Waals surface area contributed by atoms with Crippen LogP contribution in [0.1, 0.15) is 38.2 Å². The van der Waals surface area contributed by atoms with Gasteiger partial charge >= 0.3 is 0 Å². The molecule has 18 heavy (non-hydrogen) atoms. The van der Waals surface area contributed by atoms with Gasteiger partial charge < -0.3 is 5.32 Å². The van der Waals surface area contributed by atoms with Crippen LogP contribution in [0.5, 0.6) is 0 Å². The Hall–Kier alpha value is -0.570. The number of rotatable bonds is 3. The second-order valence-electron chi connectivity index (χ2n) is 5.60. The number of hydrogen-bond donors (Lipinski definition) is 1. The monoisotopic (exact) mass is 313 g/mol. The summed E-state index contributed by atoms with van der Waals surface area (Å²) in [5, 5.41) is 3.47. The van der Waals surface area contributed by atoms with E-state index in [4.69, 9.17) is 0 Å². The third-order valence-corrected chi connectivity index (χ3v) is 4.50. The van der Waals surface area contributed by atoms with Crippen LogP contribution in [0.2, 0.25) is 0 Å². The van der Waals surface area contributed by atoms with E-state index in [1.54, 1.807) is 6.07 Å². The van der Waals surface area contributed by atoms with Crippen LogP contribution in [-0.2, 0) is 0 Å². The van der Waals surface area contributed by atoms with E-state index >= 15 is 0 Å². The van der Waals surface area contributed by atoms with Gasteiger partial charge in [-0.3, -0.25) is 0 Å². The van der Waals surface area contributed by atoms with Crippen molar-refractivity contribution in [2.45, 2.75) is 39.5 Å². The van der Waals surface area contributed by atoms with Gasteiger partial charge in [0.15, 0.2) is 0 Å². The Balaban J connectivity index is 1.95. The van der Waals surface area contributed by atoms with Crippen LogP contribution in [-0.4, -0.2) is 6.54 Å². The molecule has 0 radical (unpaired) electrons. The zero-order valence-electron chi connectivity index (χ0n) is 11.1. The van der Waals surface area contributed by atoms with E-state index < -0.39 is 0 Å². The first-order chi connectivity index (χ1) is 8.56. The minimum absolute atomic E-state index is 0.190. The Bertz CT molecular complexity index is 419. The molecule has 1 nitrogen and oxygen atoms in total. The molecule has 1 aliphatic rings. The summed E-state index contributed by atoms with van der Waals surface area (Å²) in [6.45, 7) is 5.29. The molecule has 3 heteroatoms. The van der Waals surface area contributed by atoms with Crippen LogP contribution in [0, 0.1) is 24.6 Å². The summed E-state index contributed by atoms with van der Waals surface area (Å²) >= 11 is 3.24. The summed E-state index contributed by atoms with van der Waals surface area (Å²) in [5.41, 5.74) is 2.01. The summed E-state index contributed by atoms with van der Waals surface area (Å²) in [6.07, 6.45) is 5.35. The molecule has 0 spiro atoms. The summed E-state index contributed by atoms with van der Waals surface area (Å²) in [7, 11) is 0. The van der Waals surface area contributed by atoms with Gasteiger partial charge in [-0.25, -0.2) is 4.39 Å². The zero-order chi connectivity index (χ0) is 13.1. The molecule has 100 valence electrons. The van der Waals surface area contributed by atoms with Crippen LogP contribution in [0.25, 0.3) is 0 Å². The van der Waals surface area contributed by atoms with Crippen LogP contribution in [0.3, 0.4) is 0 Å². The molecule has 0 bridgehead atoms. The number of halogens is 2. The highest BCUT2D eigenvalue weighted by atomic mass is 79.9. The SMILES string of the molecule is Cc1cc(F)c(Br)cc1NCC1CCCC(C)C1. The third-order valence-electron chi connectivity index (χ3n) is 3.89. The molecule has 1 saturated carbocycles. The maximum absolute atomic E-state index is 13.3. The van der Waals surface area contributed by atoms with Crippen molar-refractivity contribution < 1.29 is 4.39 Å². The molecule has 0 aliphatic heterocycles. The van der Waals surface area contributed by atoms with E-state index in [1.165, 1.54) is 25.7 Å². The topological polar surface area (TPSA) is 12.0 Å². The van der Waals surface area contributed by atoms with Gasteiger partial charge in [0.2, 0.25) is 0 Å². The molecular weight excluding hydrogens is 293 g/mol. The normalized spacial score (nSPS) is 24.0. The van der Waals surface area contributed by atoms with Crippen molar-refractivity contribution in [1.82, 2.24) is 0 Å². The fraction of sp³-hybridized carbons (Fsp3) is 0.600. The van der Waals surface area contributed by atoms with Crippen LogP contribution >= 0.6 is 15.9 Å². The molecule has 2 unspecified atom stereocenters. The van der Waals surface area contributed by atoms with Gasteiger partial charge in [-0.2, -0.15) is 0 Å². The van der Waals surface area contributed by atoms with E-state index in [1.807, 2.05) is 13.0 Å². The van der Waals surface area contributed by atoms with Crippen molar-refractivity contribution in [3.63, 3.8) is 0 Å². The van der Waals surface area contributed by atoms with Crippen LogP contribution in [0.15, 0.2) is 16.6 Å². The zero-order valence-corrected chi connectivity index (χ0v) is 12.7. The average molecular weight is 314 g/mol. The summed E-state index contributed by atoms with van der Waals surface area (Å²) < 4.78 is 13.9. The molecule has 0 heterocycles. The highest BCUT2D eigenvalue weighted by Gasteiger charge is 2.18. The smallest absolute Gasteiger partial charge is 0.137 e. The predicted molar refractivity (Wildman–Crippen MR) is 78.4 cm³/mol.